The molecule has 5 aromatic rings. The molecule has 2 aromatic carbocycles. The lowest BCUT2D eigenvalue weighted by atomic mass is 10.2. The molecule has 0 aliphatic heterocycles. The second kappa shape index (κ2) is 7.45. The molecule has 0 saturated heterocycles. The first-order valence-corrected chi connectivity index (χ1v) is 9.58. The minimum atomic E-state index is -4.49. The van der Waals surface area contributed by atoms with Crippen LogP contribution in [0.1, 0.15) is 5.56 Å². The number of nitrogens with zero attached hydrogens (tertiary/aromatic N) is 5. The van der Waals surface area contributed by atoms with Crippen molar-refractivity contribution >= 4 is 10.9 Å². The smallest absolute Gasteiger partial charge is 0.287 e. The monoisotopic (exact) mass is 433 g/mol. The molecule has 0 aliphatic rings. The number of hydrogen-bond donors (Lipinski definition) is 0. The van der Waals surface area contributed by atoms with Crippen molar-refractivity contribution < 1.29 is 13.2 Å². The molecular formula is C23H14F3N5O. The first kappa shape index (κ1) is 19.7. The third-order valence-electron chi connectivity index (χ3n) is 4.99. The van der Waals surface area contributed by atoms with Gasteiger partial charge in [-0.2, -0.15) is 23.4 Å². The zero-order valence-corrected chi connectivity index (χ0v) is 16.4. The van der Waals surface area contributed by atoms with Crippen molar-refractivity contribution in [2.24, 2.45) is 0 Å². The minimum absolute atomic E-state index is 0.0586. The average molecular weight is 433 g/mol. The highest BCUT2D eigenvalue weighted by molar-refractivity contribution is 5.87. The summed E-state index contributed by atoms with van der Waals surface area (Å²) in [5.41, 5.74) is 0.927. The molecule has 0 unspecified atom stereocenters. The quantitative estimate of drug-likeness (QED) is 0.415. The van der Waals surface area contributed by atoms with Gasteiger partial charge < -0.3 is 0 Å². The van der Waals surface area contributed by atoms with Gasteiger partial charge in [0.05, 0.1) is 34.3 Å². The number of para-hydroxylation sites is 1. The summed E-state index contributed by atoms with van der Waals surface area (Å²) in [6.45, 7) is 0. The molecular weight excluding hydrogens is 419 g/mol. The normalized spacial score (nSPS) is 11.7. The summed E-state index contributed by atoms with van der Waals surface area (Å²) in [6.07, 6.45) is 0.0263. The van der Waals surface area contributed by atoms with Crippen molar-refractivity contribution in [2.45, 2.75) is 6.18 Å². The van der Waals surface area contributed by atoms with E-state index in [4.69, 9.17) is 0 Å². The second-order valence-electron chi connectivity index (χ2n) is 7.00. The van der Waals surface area contributed by atoms with Gasteiger partial charge in [0.1, 0.15) is 0 Å². The SMILES string of the molecule is O=c1ccn(-c2cccc(C(F)(F)F)c2)nc1-c1ccnn1-c1ccnc2ccccc12. The summed E-state index contributed by atoms with van der Waals surface area (Å²) in [6, 6.07) is 16.9. The lowest BCUT2D eigenvalue weighted by Gasteiger charge is -2.12. The molecule has 0 amide bonds. The standard InChI is InChI=1S/C23H14F3N5O/c24-23(25,26)15-4-3-5-16(14-15)30-13-10-21(32)22(29-30)20-9-12-28-31(20)19-8-11-27-18-7-2-1-6-17(18)19/h1-14H. The molecule has 0 radical (unpaired) electrons. The van der Waals surface area contributed by atoms with Crippen LogP contribution in [0.5, 0.6) is 0 Å². The molecule has 0 bridgehead atoms. The van der Waals surface area contributed by atoms with Crippen LogP contribution < -0.4 is 5.43 Å². The number of benzene rings is 2. The van der Waals surface area contributed by atoms with Crippen molar-refractivity contribution in [1.29, 1.82) is 0 Å². The summed E-state index contributed by atoms with van der Waals surface area (Å²) in [5.74, 6) is 0. The lowest BCUT2D eigenvalue weighted by Crippen LogP contribution is -2.15. The van der Waals surface area contributed by atoms with Crippen molar-refractivity contribution in [3.8, 4) is 22.8 Å². The molecule has 5 rings (SSSR count). The van der Waals surface area contributed by atoms with Crippen molar-refractivity contribution in [1.82, 2.24) is 24.5 Å². The molecule has 0 spiro atoms. The number of hydrogen-bond acceptors (Lipinski definition) is 4. The molecule has 0 fully saturated rings. The summed E-state index contributed by atoms with van der Waals surface area (Å²) in [4.78, 5) is 17.0. The van der Waals surface area contributed by atoms with E-state index in [0.717, 1.165) is 23.0 Å². The van der Waals surface area contributed by atoms with Gasteiger partial charge in [0, 0.05) is 23.8 Å². The van der Waals surface area contributed by atoms with Crippen LogP contribution in [-0.2, 0) is 6.18 Å². The Balaban J connectivity index is 1.66. The lowest BCUT2D eigenvalue weighted by molar-refractivity contribution is -0.137. The van der Waals surface area contributed by atoms with Crippen LogP contribution >= 0.6 is 0 Å². The average Bonchev–Trinajstić information content (AvgIpc) is 3.28. The third kappa shape index (κ3) is 3.43. The topological polar surface area (TPSA) is 65.6 Å². The number of halogens is 3. The van der Waals surface area contributed by atoms with Crippen LogP contribution in [-0.4, -0.2) is 24.5 Å². The molecule has 0 N–H and O–H groups in total. The Morgan fingerprint density at radius 1 is 0.875 bits per heavy atom. The van der Waals surface area contributed by atoms with Gasteiger partial charge in [-0.3, -0.25) is 9.78 Å². The molecule has 0 aliphatic carbocycles. The van der Waals surface area contributed by atoms with Gasteiger partial charge in [0.25, 0.3) is 0 Å². The Kier molecular flexibility index (Phi) is 4.58. The number of rotatable bonds is 3. The maximum atomic E-state index is 13.1. The number of fused-ring (bicyclic) bond motifs is 1. The van der Waals surface area contributed by atoms with Crippen LogP contribution in [0.25, 0.3) is 33.7 Å². The maximum absolute atomic E-state index is 13.1. The predicted octanol–water partition coefficient (Wildman–Crippen LogP) is 4.65. The van der Waals surface area contributed by atoms with Crippen LogP contribution in [0.4, 0.5) is 13.2 Å². The highest BCUT2D eigenvalue weighted by atomic mass is 19.4. The van der Waals surface area contributed by atoms with E-state index in [9.17, 15) is 18.0 Å². The van der Waals surface area contributed by atoms with Crippen molar-refractivity contribution in [3.05, 3.63) is 101 Å². The van der Waals surface area contributed by atoms with Gasteiger partial charge >= 0.3 is 6.18 Å². The largest absolute Gasteiger partial charge is 0.416 e. The van der Waals surface area contributed by atoms with Gasteiger partial charge in [-0.1, -0.05) is 24.3 Å². The first-order valence-electron chi connectivity index (χ1n) is 9.58. The van der Waals surface area contributed by atoms with Gasteiger partial charge in [0.15, 0.2) is 5.69 Å². The zero-order valence-electron chi connectivity index (χ0n) is 16.4. The Morgan fingerprint density at radius 3 is 2.56 bits per heavy atom. The molecule has 0 saturated carbocycles. The number of pyridine rings is 1. The Morgan fingerprint density at radius 2 is 1.72 bits per heavy atom. The van der Waals surface area contributed by atoms with E-state index >= 15 is 0 Å². The Hall–Kier alpha value is -4.27. The van der Waals surface area contributed by atoms with Crippen LogP contribution in [0, 0.1) is 0 Å². The van der Waals surface area contributed by atoms with Crippen molar-refractivity contribution in [3.63, 3.8) is 0 Å². The molecule has 158 valence electrons. The zero-order chi connectivity index (χ0) is 22.3. The van der Waals surface area contributed by atoms with Gasteiger partial charge in [-0.05, 0) is 36.4 Å². The van der Waals surface area contributed by atoms with Gasteiger partial charge in [0.2, 0.25) is 5.43 Å². The van der Waals surface area contributed by atoms with Crippen LogP contribution in [0.15, 0.2) is 90.1 Å². The molecule has 6 nitrogen and oxygen atoms in total. The molecule has 0 atom stereocenters. The summed E-state index contributed by atoms with van der Waals surface area (Å²) < 4.78 is 42.2. The molecule has 3 heterocycles. The number of aromatic nitrogens is 5. The number of alkyl halides is 3. The Labute approximate surface area is 179 Å². The minimum Gasteiger partial charge on any atom is -0.287 e. The summed E-state index contributed by atoms with van der Waals surface area (Å²) >= 11 is 0. The van der Waals surface area contributed by atoms with E-state index in [-0.39, 0.29) is 16.8 Å². The highest BCUT2D eigenvalue weighted by Gasteiger charge is 2.30. The van der Waals surface area contributed by atoms with Crippen LogP contribution in [0.2, 0.25) is 0 Å². The van der Waals surface area contributed by atoms with E-state index in [1.165, 1.54) is 35.3 Å². The fourth-order valence-electron chi connectivity index (χ4n) is 3.49. The summed E-state index contributed by atoms with van der Waals surface area (Å²) in [7, 11) is 0. The van der Waals surface area contributed by atoms with Gasteiger partial charge in [-0.15, -0.1) is 0 Å². The van der Waals surface area contributed by atoms with E-state index < -0.39 is 11.7 Å². The molecule has 3 aromatic heterocycles. The van der Waals surface area contributed by atoms with Gasteiger partial charge in [-0.25, -0.2) is 9.36 Å². The summed E-state index contributed by atoms with van der Waals surface area (Å²) in [5, 5.41) is 9.52. The fourth-order valence-corrected chi connectivity index (χ4v) is 3.49. The molecule has 32 heavy (non-hydrogen) atoms. The highest BCUT2D eigenvalue weighted by Crippen LogP contribution is 2.30. The predicted molar refractivity (Wildman–Crippen MR) is 113 cm³/mol. The maximum Gasteiger partial charge on any atom is 0.416 e. The molecule has 9 heteroatoms. The van der Waals surface area contributed by atoms with E-state index in [1.807, 2.05) is 24.3 Å². The third-order valence-corrected chi connectivity index (χ3v) is 4.99. The second-order valence-corrected chi connectivity index (χ2v) is 7.00. The van der Waals surface area contributed by atoms with E-state index in [1.54, 1.807) is 23.0 Å². The Bertz CT molecular complexity index is 1500. The van der Waals surface area contributed by atoms with E-state index in [0.29, 0.717) is 11.4 Å². The first-order chi connectivity index (χ1) is 15.4. The van der Waals surface area contributed by atoms with Crippen molar-refractivity contribution in [2.75, 3.05) is 0 Å². The van der Waals surface area contributed by atoms with Crippen LogP contribution in [0.3, 0.4) is 0 Å². The fraction of sp³-hybridized carbons (Fsp3) is 0.0435. The van der Waals surface area contributed by atoms with E-state index in [2.05, 4.69) is 15.2 Å².